The number of anilines is 2. The molecule has 2 aliphatic rings. The first-order chi connectivity index (χ1) is 13.1. The van der Waals surface area contributed by atoms with Gasteiger partial charge in [0.05, 0.1) is 22.6 Å². The summed E-state index contributed by atoms with van der Waals surface area (Å²) in [4.78, 5) is 32.7. The van der Waals surface area contributed by atoms with Gasteiger partial charge in [0.2, 0.25) is 5.91 Å². The van der Waals surface area contributed by atoms with Crippen LogP contribution in [0.15, 0.2) is 24.7 Å². The van der Waals surface area contributed by atoms with Crippen molar-refractivity contribution >= 4 is 23.0 Å². The summed E-state index contributed by atoms with van der Waals surface area (Å²) in [5, 5.41) is 17.5. The second-order valence-corrected chi connectivity index (χ2v) is 7.09. The number of carbonyl (C=O) groups is 1. The zero-order valence-electron chi connectivity index (χ0n) is 14.9. The number of benzene rings is 1. The van der Waals surface area contributed by atoms with Crippen LogP contribution in [-0.2, 0) is 17.8 Å². The summed E-state index contributed by atoms with van der Waals surface area (Å²) in [6.45, 7) is 2.60. The number of rotatable bonds is 5. The largest absolute Gasteiger partial charge is 0.371 e. The average Bonchev–Trinajstić information content (AvgIpc) is 3.16. The number of nitro groups is 1. The van der Waals surface area contributed by atoms with Gasteiger partial charge >= 0.3 is 0 Å². The van der Waals surface area contributed by atoms with Crippen LogP contribution in [-0.4, -0.2) is 44.8 Å². The van der Waals surface area contributed by atoms with E-state index in [0.29, 0.717) is 18.7 Å². The Kier molecular flexibility index (Phi) is 4.76. The first kappa shape index (κ1) is 17.5. The Balaban J connectivity index is 1.64. The number of nitro benzene ring substituents is 1. The standard InChI is InChI=1S/C18H22N6O3/c25-18-16(7-13-9-19-11-20-13)21-17-12(10-23-4-2-1-3-5-23)6-14(24(26)27)8-15(17)22-18/h6,8-9,11,16,21H,1-5,7,10H2,(H,19,20)(H,22,25). The molecule has 0 aliphatic carbocycles. The SMILES string of the molecule is O=C1Nc2cc([N+](=O)[O-])cc(CN3CCCCC3)c2NC1Cc1cnc[nH]1. The number of aromatic nitrogens is 2. The average molecular weight is 370 g/mol. The van der Waals surface area contributed by atoms with Crippen LogP contribution >= 0.6 is 0 Å². The normalized spacial score (nSPS) is 19.9. The summed E-state index contributed by atoms with van der Waals surface area (Å²) in [5.74, 6) is -0.207. The molecule has 1 amide bonds. The van der Waals surface area contributed by atoms with Gasteiger partial charge in [-0.1, -0.05) is 6.42 Å². The Bertz CT molecular complexity index is 845. The first-order valence-corrected chi connectivity index (χ1v) is 9.18. The highest BCUT2D eigenvalue weighted by molar-refractivity contribution is 6.04. The summed E-state index contributed by atoms with van der Waals surface area (Å²) in [5.41, 5.74) is 2.94. The van der Waals surface area contributed by atoms with Crippen molar-refractivity contribution < 1.29 is 9.72 Å². The van der Waals surface area contributed by atoms with Crippen molar-refractivity contribution in [3.8, 4) is 0 Å². The number of nitrogens with zero attached hydrogens (tertiary/aromatic N) is 3. The van der Waals surface area contributed by atoms with E-state index in [1.807, 2.05) is 0 Å². The maximum Gasteiger partial charge on any atom is 0.271 e. The van der Waals surface area contributed by atoms with Gasteiger partial charge in [0.15, 0.2) is 0 Å². The fraction of sp³-hybridized carbons (Fsp3) is 0.444. The number of piperidine rings is 1. The van der Waals surface area contributed by atoms with Crippen LogP contribution < -0.4 is 10.6 Å². The third kappa shape index (κ3) is 3.77. The van der Waals surface area contributed by atoms with Crippen LogP contribution in [0.5, 0.6) is 0 Å². The number of nitrogens with one attached hydrogen (secondary N) is 3. The minimum atomic E-state index is -0.459. The number of imidazole rings is 1. The first-order valence-electron chi connectivity index (χ1n) is 9.18. The van der Waals surface area contributed by atoms with Gasteiger partial charge in [0.25, 0.3) is 5.69 Å². The van der Waals surface area contributed by atoms with Crippen molar-refractivity contribution in [1.82, 2.24) is 14.9 Å². The third-order valence-electron chi connectivity index (χ3n) is 5.13. The van der Waals surface area contributed by atoms with Crippen LogP contribution in [0.3, 0.4) is 0 Å². The molecule has 0 saturated carbocycles. The molecule has 2 aromatic rings. The van der Waals surface area contributed by atoms with Crippen molar-refractivity contribution in [2.45, 2.75) is 38.3 Å². The molecule has 3 N–H and O–H groups in total. The highest BCUT2D eigenvalue weighted by Crippen LogP contribution is 2.36. The lowest BCUT2D eigenvalue weighted by Crippen LogP contribution is -2.41. The molecule has 4 rings (SSSR count). The molecule has 1 unspecified atom stereocenters. The lowest BCUT2D eigenvalue weighted by atomic mass is 10.0. The number of hydrogen-bond donors (Lipinski definition) is 3. The van der Waals surface area contributed by atoms with E-state index in [1.54, 1.807) is 18.6 Å². The van der Waals surface area contributed by atoms with Gasteiger partial charge in [-0.05, 0) is 31.5 Å². The number of likely N-dealkylation sites (tertiary alicyclic amines) is 1. The number of hydrogen-bond acceptors (Lipinski definition) is 6. The predicted octanol–water partition coefficient (Wildman–Crippen LogP) is 2.28. The van der Waals surface area contributed by atoms with E-state index in [9.17, 15) is 14.9 Å². The molecule has 0 bridgehead atoms. The monoisotopic (exact) mass is 370 g/mol. The molecule has 1 saturated heterocycles. The zero-order valence-corrected chi connectivity index (χ0v) is 14.9. The number of non-ortho nitro benzene ring substituents is 1. The van der Waals surface area contributed by atoms with E-state index >= 15 is 0 Å². The molecule has 1 aromatic heterocycles. The quantitative estimate of drug-likeness (QED) is 0.549. The second-order valence-electron chi connectivity index (χ2n) is 7.09. The van der Waals surface area contributed by atoms with E-state index in [1.165, 1.54) is 12.5 Å². The molecule has 1 aromatic carbocycles. The van der Waals surface area contributed by atoms with Gasteiger partial charge in [0, 0.05) is 37.0 Å². The maximum atomic E-state index is 12.5. The topological polar surface area (TPSA) is 116 Å². The molecule has 27 heavy (non-hydrogen) atoms. The Morgan fingerprint density at radius 2 is 2.07 bits per heavy atom. The minimum Gasteiger partial charge on any atom is -0.371 e. The Morgan fingerprint density at radius 3 is 2.78 bits per heavy atom. The second kappa shape index (κ2) is 7.36. The van der Waals surface area contributed by atoms with Gasteiger partial charge in [-0.2, -0.15) is 0 Å². The molecule has 0 radical (unpaired) electrons. The lowest BCUT2D eigenvalue weighted by molar-refractivity contribution is -0.384. The van der Waals surface area contributed by atoms with Crippen LogP contribution in [0.2, 0.25) is 0 Å². The van der Waals surface area contributed by atoms with Crippen LogP contribution in [0.1, 0.15) is 30.5 Å². The highest BCUT2D eigenvalue weighted by Gasteiger charge is 2.30. The number of carbonyl (C=O) groups excluding carboxylic acids is 1. The molecular formula is C18H22N6O3. The number of aromatic amines is 1. The number of fused-ring (bicyclic) bond motifs is 1. The molecule has 1 fully saturated rings. The molecule has 9 heteroatoms. The van der Waals surface area contributed by atoms with E-state index in [4.69, 9.17) is 0 Å². The van der Waals surface area contributed by atoms with Crippen molar-refractivity contribution in [2.75, 3.05) is 23.7 Å². The van der Waals surface area contributed by atoms with E-state index in [-0.39, 0.29) is 11.6 Å². The van der Waals surface area contributed by atoms with E-state index in [2.05, 4.69) is 25.5 Å². The molecule has 3 heterocycles. The van der Waals surface area contributed by atoms with Crippen LogP contribution in [0.4, 0.5) is 17.1 Å². The summed E-state index contributed by atoms with van der Waals surface area (Å²) in [6.07, 6.45) is 7.24. The van der Waals surface area contributed by atoms with Crippen LogP contribution in [0.25, 0.3) is 0 Å². The van der Waals surface area contributed by atoms with Gasteiger partial charge in [-0.25, -0.2) is 4.98 Å². The molecule has 0 spiro atoms. The fourth-order valence-corrected chi connectivity index (χ4v) is 3.76. The molecule has 142 valence electrons. The summed E-state index contributed by atoms with van der Waals surface area (Å²) < 4.78 is 0. The number of H-pyrrole nitrogens is 1. The fourth-order valence-electron chi connectivity index (χ4n) is 3.76. The lowest BCUT2D eigenvalue weighted by Gasteiger charge is -2.31. The predicted molar refractivity (Wildman–Crippen MR) is 101 cm³/mol. The van der Waals surface area contributed by atoms with Crippen LogP contribution in [0, 0.1) is 10.1 Å². The van der Waals surface area contributed by atoms with Gasteiger partial charge in [-0.15, -0.1) is 0 Å². The number of amides is 1. The molecular weight excluding hydrogens is 348 g/mol. The summed E-state index contributed by atoms with van der Waals surface area (Å²) in [6, 6.07) is 2.58. The maximum absolute atomic E-state index is 12.5. The van der Waals surface area contributed by atoms with Gasteiger partial charge in [-0.3, -0.25) is 19.8 Å². The molecule has 9 nitrogen and oxygen atoms in total. The van der Waals surface area contributed by atoms with Crippen molar-refractivity contribution in [3.63, 3.8) is 0 Å². The van der Waals surface area contributed by atoms with Crippen molar-refractivity contribution in [1.29, 1.82) is 0 Å². The van der Waals surface area contributed by atoms with Crippen molar-refractivity contribution in [3.05, 3.63) is 46.0 Å². The molecule has 2 aliphatic heterocycles. The van der Waals surface area contributed by atoms with E-state index < -0.39 is 11.0 Å². The Hall–Kier alpha value is -2.94. The van der Waals surface area contributed by atoms with Crippen molar-refractivity contribution in [2.24, 2.45) is 0 Å². The third-order valence-corrected chi connectivity index (χ3v) is 5.13. The zero-order chi connectivity index (χ0) is 18.8. The van der Waals surface area contributed by atoms with E-state index in [0.717, 1.165) is 42.9 Å². The molecule has 1 atom stereocenters. The van der Waals surface area contributed by atoms with Gasteiger partial charge in [0.1, 0.15) is 6.04 Å². The Morgan fingerprint density at radius 1 is 1.26 bits per heavy atom. The van der Waals surface area contributed by atoms with Gasteiger partial charge < -0.3 is 15.6 Å². The highest BCUT2D eigenvalue weighted by atomic mass is 16.6. The summed E-state index contributed by atoms with van der Waals surface area (Å²) >= 11 is 0. The Labute approximate surface area is 156 Å². The smallest absolute Gasteiger partial charge is 0.271 e. The minimum absolute atomic E-state index is 0.00474. The summed E-state index contributed by atoms with van der Waals surface area (Å²) in [7, 11) is 0.